The van der Waals surface area contributed by atoms with Crippen molar-refractivity contribution in [3.8, 4) is 6.07 Å². The Morgan fingerprint density at radius 2 is 2.33 bits per heavy atom. The predicted molar refractivity (Wildman–Crippen MR) is 46.6 cm³/mol. The zero-order valence-corrected chi connectivity index (χ0v) is 7.54. The van der Waals surface area contributed by atoms with Crippen molar-refractivity contribution in [1.29, 1.82) is 5.26 Å². The smallest absolute Gasteiger partial charge is 0.162 e. The van der Waals surface area contributed by atoms with Crippen molar-refractivity contribution in [1.82, 2.24) is 9.78 Å². The monoisotopic (exact) mass is 163 g/mol. The molecule has 0 unspecified atom stereocenters. The average Bonchev–Trinajstić information content (AvgIpc) is 2.48. The van der Waals surface area contributed by atoms with Gasteiger partial charge in [-0.1, -0.05) is 13.8 Å². The minimum Gasteiger partial charge on any atom is -0.268 e. The molecular formula is C9H13N3. The van der Waals surface area contributed by atoms with Gasteiger partial charge in [-0.05, 0) is 18.9 Å². The van der Waals surface area contributed by atoms with Crippen LogP contribution in [0.1, 0.15) is 31.7 Å². The third kappa shape index (κ3) is 1.65. The Kier molecular flexibility index (Phi) is 2.87. The van der Waals surface area contributed by atoms with Gasteiger partial charge in [0.15, 0.2) is 5.69 Å². The Morgan fingerprint density at radius 3 is 2.83 bits per heavy atom. The molecule has 0 spiro atoms. The molecule has 0 fully saturated rings. The van der Waals surface area contributed by atoms with E-state index in [1.165, 1.54) is 0 Å². The quantitative estimate of drug-likeness (QED) is 0.680. The fourth-order valence-electron chi connectivity index (χ4n) is 1.20. The molecule has 0 aromatic carbocycles. The first-order valence-corrected chi connectivity index (χ1v) is 4.28. The van der Waals surface area contributed by atoms with Crippen LogP contribution < -0.4 is 0 Å². The van der Waals surface area contributed by atoms with Crippen LogP contribution in [0.5, 0.6) is 0 Å². The van der Waals surface area contributed by atoms with E-state index in [0.717, 1.165) is 25.1 Å². The molecule has 0 saturated heterocycles. The molecule has 0 N–H and O–H groups in total. The number of hydrogen-bond acceptors (Lipinski definition) is 2. The van der Waals surface area contributed by atoms with Crippen molar-refractivity contribution in [3.05, 3.63) is 17.5 Å². The largest absolute Gasteiger partial charge is 0.268 e. The van der Waals surface area contributed by atoms with Crippen LogP contribution in [0.3, 0.4) is 0 Å². The van der Waals surface area contributed by atoms with E-state index in [1.807, 2.05) is 16.8 Å². The van der Waals surface area contributed by atoms with E-state index in [4.69, 9.17) is 5.26 Å². The van der Waals surface area contributed by atoms with Crippen LogP contribution >= 0.6 is 0 Å². The van der Waals surface area contributed by atoms with Crippen LogP contribution in [0.2, 0.25) is 0 Å². The van der Waals surface area contributed by atoms with Gasteiger partial charge in [-0.2, -0.15) is 10.4 Å². The molecule has 0 radical (unpaired) electrons. The molecule has 0 amide bonds. The third-order valence-corrected chi connectivity index (χ3v) is 1.78. The molecule has 0 aliphatic carbocycles. The summed E-state index contributed by atoms with van der Waals surface area (Å²) in [6.45, 7) is 5.09. The first-order chi connectivity index (χ1) is 5.81. The van der Waals surface area contributed by atoms with Crippen LogP contribution in [0, 0.1) is 11.3 Å². The average molecular weight is 163 g/mol. The van der Waals surface area contributed by atoms with Gasteiger partial charge in [0.25, 0.3) is 0 Å². The van der Waals surface area contributed by atoms with Crippen molar-refractivity contribution in [3.63, 3.8) is 0 Å². The lowest BCUT2D eigenvalue weighted by molar-refractivity contribution is 0.576. The van der Waals surface area contributed by atoms with E-state index in [1.54, 1.807) is 0 Å². The Balaban J connectivity index is 2.93. The van der Waals surface area contributed by atoms with Crippen molar-refractivity contribution < 1.29 is 0 Å². The van der Waals surface area contributed by atoms with E-state index in [9.17, 15) is 0 Å². The van der Waals surface area contributed by atoms with Gasteiger partial charge in [-0.3, -0.25) is 4.68 Å². The summed E-state index contributed by atoms with van der Waals surface area (Å²) in [6, 6.07) is 3.91. The van der Waals surface area contributed by atoms with Crippen molar-refractivity contribution in [2.24, 2.45) is 0 Å². The highest BCUT2D eigenvalue weighted by molar-refractivity contribution is 5.22. The van der Waals surface area contributed by atoms with Crippen LogP contribution in [0.4, 0.5) is 0 Å². The second-order valence-corrected chi connectivity index (χ2v) is 2.71. The fraction of sp³-hybridized carbons (Fsp3) is 0.556. The Morgan fingerprint density at radius 1 is 1.58 bits per heavy atom. The molecule has 1 aromatic heterocycles. The third-order valence-electron chi connectivity index (χ3n) is 1.78. The van der Waals surface area contributed by atoms with Crippen molar-refractivity contribution >= 4 is 0 Å². The van der Waals surface area contributed by atoms with E-state index in [2.05, 4.69) is 18.9 Å². The maximum Gasteiger partial charge on any atom is 0.162 e. The number of rotatable bonds is 3. The number of aromatic nitrogens is 2. The molecule has 0 saturated carbocycles. The Labute approximate surface area is 72.6 Å². The molecule has 0 atom stereocenters. The highest BCUT2D eigenvalue weighted by atomic mass is 15.3. The lowest BCUT2D eigenvalue weighted by atomic mass is 10.3. The second-order valence-electron chi connectivity index (χ2n) is 2.71. The van der Waals surface area contributed by atoms with Gasteiger partial charge in [0.1, 0.15) is 6.07 Å². The molecule has 1 heterocycles. The molecule has 0 aliphatic rings. The summed E-state index contributed by atoms with van der Waals surface area (Å²) in [5, 5.41) is 12.8. The lowest BCUT2D eigenvalue weighted by Gasteiger charge is -2.01. The molecule has 0 bridgehead atoms. The Hall–Kier alpha value is -1.30. The molecule has 0 aliphatic heterocycles. The predicted octanol–water partition coefficient (Wildman–Crippen LogP) is 1.73. The molecule has 3 nitrogen and oxygen atoms in total. The molecule has 3 heteroatoms. The molecule has 64 valence electrons. The van der Waals surface area contributed by atoms with Gasteiger partial charge in [0.2, 0.25) is 0 Å². The Bertz CT molecular complexity index is 293. The van der Waals surface area contributed by atoms with Crippen LogP contribution in [0.15, 0.2) is 6.07 Å². The normalized spacial score (nSPS) is 9.75. The van der Waals surface area contributed by atoms with Crippen LogP contribution in [-0.2, 0) is 13.0 Å². The lowest BCUT2D eigenvalue weighted by Crippen LogP contribution is -2.03. The molecular weight excluding hydrogens is 150 g/mol. The van der Waals surface area contributed by atoms with Gasteiger partial charge in [-0.15, -0.1) is 0 Å². The minimum absolute atomic E-state index is 0.528. The number of aryl methyl sites for hydroxylation is 2. The highest BCUT2D eigenvalue weighted by Crippen LogP contribution is 2.05. The maximum absolute atomic E-state index is 8.61. The van der Waals surface area contributed by atoms with Crippen LogP contribution in [0.25, 0.3) is 0 Å². The topological polar surface area (TPSA) is 41.6 Å². The summed E-state index contributed by atoms with van der Waals surface area (Å²) in [5.74, 6) is 0. The van der Waals surface area contributed by atoms with Gasteiger partial charge >= 0.3 is 0 Å². The molecule has 1 rings (SSSR count). The van der Waals surface area contributed by atoms with E-state index in [0.29, 0.717) is 5.69 Å². The zero-order valence-electron chi connectivity index (χ0n) is 7.54. The van der Waals surface area contributed by atoms with Gasteiger partial charge < -0.3 is 0 Å². The van der Waals surface area contributed by atoms with Crippen molar-refractivity contribution in [2.45, 2.75) is 33.2 Å². The van der Waals surface area contributed by atoms with Crippen molar-refractivity contribution in [2.75, 3.05) is 0 Å². The summed E-state index contributed by atoms with van der Waals surface area (Å²) >= 11 is 0. The van der Waals surface area contributed by atoms with Gasteiger partial charge in [0.05, 0.1) is 0 Å². The van der Waals surface area contributed by atoms with E-state index in [-0.39, 0.29) is 0 Å². The number of nitrogens with zero attached hydrogens (tertiary/aromatic N) is 3. The standard InChI is InChI=1S/C9H13N3/c1-3-5-12-9(4-2)6-8(7-10)11-12/h6H,3-5H2,1-2H3. The number of nitriles is 1. The van der Waals surface area contributed by atoms with Gasteiger partial charge in [-0.25, -0.2) is 0 Å². The second kappa shape index (κ2) is 3.91. The highest BCUT2D eigenvalue weighted by Gasteiger charge is 2.03. The maximum atomic E-state index is 8.61. The van der Waals surface area contributed by atoms with Crippen LogP contribution in [-0.4, -0.2) is 9.78 Å². The summed E-state index contributed by atoms with van der Waals surface area (Å²) in [5.41, 5.74) is 1.67. The zero-order chi connectivity index (χ0) is 8.97. The molecule has 1 aromatic rings. The summed E-state index contributed by atoms with van der Waals surface area (Å²) in [4.78, 5) is 0. The summed E-state index contributed by atoms with van der Waals surface area (Å²) in [7, 11) is 0. The SMILES string of the molecule is CCCn1nc(C#N)cc1CC. The number of hydrogen-bond donors (Lipinski definition) is 0. The summed E-state index contributed by atoms with van der Waals surface area (Å²) < 4.78 is 1.92. The first-order valence-electron chi connectivity index (χ1n) is 4.28. The fourth-order valence-corrected chi connectivity index (χ4v) is 1.20. The van der Waals surface area contributed by atoms with Gasteiger partial charge in [0, 0.05) is 12.2 Å². The first kappa shape index (κ1) is 8.79. The molecule has 12 heavy (non-hydrogen) atoms. The van der Waals surface area contributed by atoms with E-state index < -0.39 is 0 Å². The van der Waals surface area contributed by atoms with E-state index >= 15 is 0 Å². The minimum atomic E-state index is 0.528. The summed E-state index contributed by atoms with van der Waals surface area (Å²) in [6.07, 6.45) is 1.99.